The second-order valence-corrected chi connectivity index (χ2v) is 8.47. The first-order valence-electron chi connectivity index (χ1n) is 10.5. The largest absolute Gasteiger partial charge is 0.0614 e. The first kappa shape index (κ1) is 17.2. The fourth-order valence-electron chi connectivity index (χ4n) is 4.82. The fourth-order valence-corrected chi connectivity index (χ4v) is 4.82. The van der Waals surface area contributed by atoms with Crippen LogP contribution in [0.3, 0.4) is 0 Å². The Morgan fingerprint density at radius 1 is 0.367 bits per heavy atom. The average Bonchev–Trinajstić information content (AvgIpc) is 2.77. The number of aryl methyl sites for hydroxylation is 2. The molecule has 30 heavy (non-hydrogen) atoms. The van der Waals surface area contributed by atoms with E-state index in [1.54, 1.807) is 0 Å². The average molecular weight is 383 g/mol. The van der Waals surface area contributed by atoms with Crippen molar-refractivity contribution in [1.82, 2.24) is 0 Å². The Balaban J connectivity index is 1.62. The lowest BCUT2D eigenvalue weighted by molar-refractivity contribution is 1.47. The lowest BCUT2D eigenvalue weighted by Gasteiger charge is -2.15. The van der Waals surface area contributed by atoms with Gasteiger partial charge in [0, 0.05) is 0 Å². The Morgan fingerprint density at radius 2 is 0.733 bits per heavy atom. The summed E-state index contributed by atoms with van der Waals surface area (Å²) in [4.78, 5) is 0. The summed E-state index contributed by atoms with van der Waals surface area (Å²) in [5.41, 5.74) is 7.71. The molecule has 0 heterocycles. The van der Waals surface area contributed by atoms with Crippen molar-refractivity contribution in [2.45, 2.75) is 13.8 Å². The summed E-state index contributed by atoms with van der Waals surface area (Å²) >= 11 is 0. The van der Waals surface area contributed by atoms with Gasteiger partial charge in [0.2, 0.25) is 0 Å². The van der Waals surface area contributed by atoms with Gasteiger partial charge >= 0.3 is 0 Å². The highest BCUT2D eigenvalue weighted by molar-refractivity contribution is 6.24. The van der Waals surface area contributed by atoms with Crippen molar-refractivity contribution in [2.24, 2.45) is 0 Å². The van der Waals surface area contributed by atoms with Crippen LogP contribution in [0.5, 0.6) is 0 Å². The van der Waals surface area contributed by atoms with E-state index in [-0.39, 0.29) is 0 Å². The molecule has 0 aliphatic rings. The van der Waals surface area contributed by atoms with Crippen LogP contribution in [0, 0.1) is 13.8 Å². The fraction of sp³-hybridized carbons (Fsp3) is 0.0667. The molecule has 6 aromatic carbocycles. The van der Waals surface area contributed by atoms with Gasteiger partial charge in [0.25, 0.3) is 0 Å². The van der Waals surface area contributed by atoms with Crippen LogP contribution in [-0.4, -0.2) is 0 Å². The van der Waals surface area contributed by atoms with Crippen LogP contribution in [0.25, 0.3) is 54.6 Å². The first-order valence-corrected chi connectivity index (χ1v) is 10.5. The molecule has 0 aromatic heterocycles. The molecule has 0 radical (unpaired) electrons. The molecule has 0 unspecified atom stereocenters. The number of benzene rings is 6. The minimum absolute atomic E-state index is 1.28. The van der Waals surface area contributed by atoms with Gasteiger partial charge in [0.15, 0.2) is 0 Å². The molecular formula is C30H22. The molecule has 0 amide bonds. The third kappa shape index (κ3) is 2.69. The normalized spacial score (nSPS) is 11.7. The van der Waals surface area contributed by atoms with Crippen LogP contribution < -0.4 is 0 Å². The monoisotopic (exact) mass is 382 g/mol. The molecule has 0 aliphatic heterocycles. The van der Waals surface area contributed by atoms with E-state index >= 15 is 0 Å². The molecule has 6 aromatic rings. The van der Waals surface area contributed by atoms with E-state index < -0.39 is 0 Å². The maximum atomic E-state index is 2.34. The van der Waals surface area contributed by atoms with Crippen molar-refractivity contribution >= 4 is 32.3 Å². The Labute approximate surface area is 176 Å². The molecule has 0 nitrogen and oxygen atoms in total. The van der Waals surface area contributed by atoms with Gasteiger partial charge in [-0.2, -0.15) is 0 Å². The summed E-state index contributed by atoms with van der Waals surface area (Å²) in [5.74, 6) is 0. The van der Waals surface area contributed by atoms with Gasteiger partial charge in [-0.1, -0.05) is 83.9 Å². The van der Waals surface area contributed by atoms with Gasteiger partial charge in [0.1, 0.15) is 0 Å². The summed E-state index contributed by atoms with van der Waals surface area (Å²) in [6, 6.07) is 36.0. The van der Waals surface area contributed by atoms with E-state index in [9.17, 15) is 0 Å². The standard InChI is InChI=1S/C30H22/c1-19-5-3-7-21(13-19)27-15-23-9-11-25-17-28(22-8-4-6-20(2)14-22)18-26-12-10-24(16-27)29(23)30(25)26/h3-18H,1-2H3. The van der Waals surface area contributed by atoms with E-state index in [0.29, 0.717) is 0 Å². The summed E-state index contributed by atoms with van der Waals surface area (Å²) in [7, 11) is 0. The van der Waals surface area contributed by atoms with Crippen LogP contribution in [0.2, 0.25) is 0 Å². The highest BCUT2D eigenvalue weighted by Gasteiger charge is 2.12. The quantitative estimate of drug-likeness (QED) is 0.263. The zero-order valence-corrected chi connectivity index (χ0v) is 17.2. The number of hydrogen-bond donors (Lipinski definition) is 0. The summed E-state index contributed by atoms with van der Waals surface area (Å²) in [6.07, 6.45) is 0. The van der Waals surface area contributed by atoms with E-state index in [2.05, 4.69) is 111 Å². The second kappa shape index (κ2) is 6.43. The molecule has 142 valence electrons. The smallest absolute Gasteiger partial charge is 0.00264 e. The summed E-state index contributed by atoms with van der Waals surface area (Å²) in [6.45, 7) is 4.31. The zero-order chi connectivity index (χ0) is 20.2. The summed E-state index contributed by atoms with van der Waals surface area (Å²) in [5, 5.41) is 7.99. The van der Waals surface area contributed by atoms with Gasteiger partial charge in [-0.25, -0.2) is 0 Å². The van der Waals surface area contributed by atoms with Gasteiger partial charge in [-0.3, -0.25) is 0 Å². The Bertz CT molecular complexity index is 1370. The highest BCUT2D eigenvalue weighted by Crippen LogP contribution is 2.39. The maximum absolute atomic E-state index is 2.34. The Kier molecular flexibility index (Phi) is 3.70. The molecule has 0 atom stereocenters. The van der Waals surface area contributed by atoms with E-state index in [0.717, 1.165) is 0 Å². The first-order chi connectivity index (χ1) is 14.7. The second-order valence-electron chi connectivity index (χ2n) is 8.47. The van der Waals surface area contributed by atoms with Gasteiger partial charge in [0.05, 0.1) is 0 Å². The molecule has 0 N–H and O–H groups in total. The van der Waals surface area contributed by atoms with Crippen molar-refractivity contribution in [2.75, 3.05) is 0 Å². The maximum Gasteiger partial charge on any atom is -0.00264 e. The van der Waals surface area contributed by atoms with Crippen molar-refractivity contribution in [1.29, 1.82) is 0 Å². The third-order valence-electron chi connectivity index (χ3n) is 6.24. The molecule has 0 heteroatoms. The summed E-state index contributed by atoms with van der Waals surface area (Å²) < 4.78 is 0. The van der Waals surface area contributed by atoms with Gasteiger partial charge in [-0.15, -0.1) is 0 Å². The Hall–Kier alpha value is -3.64. The van der Waals surface area contributed by atoms with E-state index in [1.807, 2.05) is 0 Å². The highest BCUT2D eigenvalue weighted by atomic mass is 14.2. The molecule has 0 fully saturated rings. The molecule has 0 spiro atoms. The van der Waals surface area contributed by atoms with Gasteiger partial charge < -0.3 is 0 Å². The number of hydrogen-bond acceptors (Lipinski definition) is 0. The van der Waals surface area contributed by atoms with Crippen LogP contribution >= 0.6 is 0 Å². The molecule has 0 saturated carbocycles. The zero-order valence-electron chi connectivity index (χ0n) is 17.2. The number of rotatable bonds is 2. The topological polar surface area (TPSA) is 0 Å². The Morgan fingerprint density at radius 3 is 1.07 bits per heavy atom. The van der Waals surface area contributed by atoms with Crippen LogP contribution in [0.1, 0.15) is 11.1 Å². The van der Waals surface area contributed by atoms with Crippen molar-refractivity contribution < 1.29 is 0 Å². The minimum atomic E-state index is 1.28. The van der Waals surface area contributed by atoms with Crippen molar-refractivity contribution in [3.05, 3.63) is 108 Å². The van der Waals surface area contributed by atoms with Crippen molar-refractivity contribution in [3.8, 4) is 22.3 Å². The van der Waals surface area contributed by atoms with Crippen molar-refractivity contribution in [3.63, 3.8) is 0 Å². The minimum Gasteiger partial charge on any atom is -0.0614 e. The van der Waals surface area contributed by atoms with E-state index in [1.165, 1.54) is 65.7 Å². The lowest BCUT2D eigenvalue weighted by Crippen LogP contribution is -1.88. The predicted molar refractivity (Wildman–Crippen MR) is 130 cm³/mol. The lowest BCUT2D eigenvalue weighted by atomic mass is 9.89. The SMILES string of the molecule is Cc1cccc(-c2cc3ccc4cc(-c5cccc(C)c5)cc5ccc(c2)c3c45)c1. The molecule has 0 bridgehead atoms. The molecular weight excluding hydrogens is 360 g/mol. The molecule has 0 aliphatic carbocycles. The van der Waals surface area contributed by atoms with Crippen LogP contribution in [-0.2, 0) is 0 Å². The van der Waals surface area contributed by atoms with Crippen LogP contribution in [0.4, 0.5) is 0 Å². The molecule has 6 rings (SSSR count). The predicted octanol–water partition coefficient (Wildman–Crippen LogP) is 8.53. The van der Waals surface area contributed by atoms with E-state index in [4.69, 9.17) is 0 Å². The van der Waals surface area contributed by atoms with Gasteiger partial charge in [-0.05, 0) is 92.7 Å². The van der Waals surface area contributed by atoms with Crippen LogP contribution in [0.15, 0.2) is 97.1 Å². The molecule has 0 saturated heterocycles. The third-order valence-corrected chi connectivity index (χ3v) is 6.24.